The van der Waals surface area contributed by atoms with E-state index in [-0.39, 0.29) is 12.3 Å². The number of aliphatic hydroxyl groups is 1. The van der Waals surface area contributed by atoms with Gasteiger partial charge in [0.25, 0.3) is 0 Å². The monoisotopic (exact) mass is 256 g/mol. The van der Waals surface area contributed by atoms with Gasteiger partial charge in [0.1, 0.15) is 0 Å². The van der Waals surface area contributed by atoms with Crippen LogP contribution in [0.1, 0.15) is 6.42 Å². The summed E-state index contributed by atoms with van der Waals surface area (Å²) in [7, 11) is 0. The molecule has 74 valence electrons. The zero-order valence-electron chi connectivity index (χ0n) is 7.35. The van der Waals surface area contributed by atoms with Gasteiger partial charge >= 0.3 is 0 Å². The van der Waals surface area contributed by atoms with Gasteiger partial charge in [0.05, 0.1) is 31.0 Å². The van der Waals surface area contributed by atoms with Crippen molar-refractivity contribution in [2.75, 3.05) is 11.4 Å². The second-order valence-electron chi connectivity index (χ2n) is 3.22. The van der Waals surface area contributed by atoms with Crippen LogP contribution in [0, 0.1) is 0 Å². The summed E-state index contributed by atoms with van der Waals surface area (Å²) in [5.74, 6) is -0.0580. The number of rotatable bonds is 1. The van der Waals surface area contributed by atoms with E-state index < -0.39 is 6.10 Å². The minimum absolute atomic E-state index is 0.0580. The molecule has 1 fully saturated rings. The fraction of sp³-hybridized carbons (Fsp3) is 0.333. The first-order valence-electron chi connectivity index (χ1n) is 4.26. The van der Waals surface area contributed by atoms with Crippen molar-refractivity contribution in [3.05, 3.63) is 22.9 Å². The van der Waals surface area contributed by atoms with Gasteiger partial charge in [0, 0.05) is 10.7 Å². The van der Waals surface area contributed by atoms with E-state index in [2.05, 4.69) is 20.9 Å². The van der Waals surface area contributed by atoms with Crippen LogP contribution in [0.4, 0.5) is 5.69 Å². The van der Waals surface area contributed by atoms with E-state index >= 15 is 0 Å². The Balaban J connectivity index is 2.27. The van der Waals surface area contributed by atoms with Crippen molar-refractivity contribution in [1.29, 1.82) is 0 Å². The Morgan fingerprint density at radius 3 is 2.93 bits per heavy atom. The summed E-state index contributed by atoms with van der Waals surface area (Å²) in [5, 5.41) is 9.31. The maximum Gasteiger partial charge on any atom is 0.229 e. The summed E-state index contributed by atoms with van der Waals surface area (Å²) in [6, 6.07) is 1.81. The van der Waals surface area contributed by atoms with Crippen molar-refractivity contribution in [3.63, 3.8) is 0 Å². The molecule has 2 heterocycles. The number of carbonyl (C=O) groups is 1. The van der Waals surface area contributed by atoms with E-state index in [1.54, 1.807) is 17.3 Å². The Hall–Kier alpha value is -0.940. The van der Waals surface area contributed by atoms with Crippen molar-refractivity contribution in [1.82, 2.24) is 4.98 Å². The molecule has 5 heteroatoms. The standard InChI is InChI=1S/C9H9BrN2O2/c10-6-1-7(4-11-3-6)12-5-8(13)2-9(12)14/h1,3-4,8,13H,2,5H2. The van der Waals surface area contributed by atoms with E-state index in [1.165, 1.54) is 0 Å². The third kappa shape index (κ3) is 1.78. The Kier molecular flexibility index (Phi) is 2.52. The molecule has 0 aliphatic carbocycles. The van der Waals surface area contributed by atoms with Gasteiger partial charge in [0.15, 0.2) is 0 Å². The number of anilines is 1. The van der Waals surface area contributed by atoms with Gasteiger partial charge in [-0.3, -0.25) is 9.78 Å². The summed E-state index contributed by atoms with van der Waals surface area (Å²) >= 11 is 3.28. The number of pyridine rings is 1. The van der Waals surface area contributed by atoms with Crippen LogP contribution in [0.2, 0.25) is 0 Å². The van der Waals surface area contributed by atoms with Gasteiger partial charge in [-0.1, -0.05) is 0 Å². The van der Waals surface area contributed by atoms with Crippen LogP contribution in [0.25, 0.3) is 0 Å². The number of nitrogens with zero attached hydrogens (tertiary/aromatic N) is 2. The normalized spacial score (nSPS) is 21.7. The lowest BCUT2D eigenvalue weighted by atomic mass is 10.3. The van der Waals surface area contributed by atoms with Gasteiger partial charge < -0.3 is 10.0 Å². The summed E-state index contributed by atoms with van der Waals surface area (Å²) in [4.78, 5) is 16.9. The average molecular weight is 257 g/mol. The molecule has 1 aliphatic heterocycles. The van der Waals surface area contributed by atoms with Gasteiger partial charge in [0.2, 0.25) is 5.91 Å². The second-order valence-corrected chi connectivity index (χ2v) is 4.14. The average Bonchev–Trinajstić information content (AvgIpc) is 2.45. The molecule has 0 radical (unpaired) electrons. The number of hydrogen-bond donors (Lipinski definition) is 1. The number of amides is 1. The van der Waals surface area contributed by atoms with Crippen LogP contribution >= 0.6 is 15.9 Å². The largest absolute Gasteiger partial charge is 0.391 e. The fourth-order valence-electron chi connectivity index (χ4n) is 1.49. The lowest BCUT2D eigenvalue weighted by molar-refractivity contribution is -0.117. The molecule has 0 aromatic carbocycles. The third-order valence-corrected chi connectivity index (χ3v) is 2.54. The molecule has 1 saturated heterocycles. The number of β-amino-alcohol motifs (C(OH)–C–C–N with tert-alkyl or cyclic N) is 1. The maximum atomic E-state index is 11.4. The molecule has 0 bridgehead atoms. The third-order valence-electron chi connectivity index (χ3n) is 2.11. The van der Waals surface area contributed by atoms with E-state index in [4.69, 9.17) is 0 Å². The van der Waals surface area contributed by atoms with Crippen LogP contribution < -0.4 is 4.90 Å². The highest BCUT2D eigenvalue weighted by atomic mass is 79.9. The van der Waals surface area contributed by atoms with Gasteiger partial charge in [-0.25, -0.2) is 0 Å². The number of hydrogen-bond acceptors (Lipinski definition) is 3. The molecule has 4 nitrogen and oxygen atoms in total. The number of halogens is 1. The molecule has 1 aliphatic rings. The molecule has 0 spiro atoms. The van der Waals surface area contributed by atoms with Crippen molar-refractivity contribution in [2.45, 2.75) is 12.5 Å². The topological polar surface area (TPSA) is 53.4 Å². The Morgan fingerprint density at radius 2 is 2.36 bits per heavy atom. The van der Waals surface area contributed by atoms with Crippen LogP contribution in [0.15, 0.2) is 22.9 Å². The number of aliphatic hydroxyl groups excluding tert-OH is 1. The minimum atomic E-state index is -0.554. The molecule has 0 saturated carbocycles. The quantitative estimate of drug-likeness (QED) is 0.814. The molecule has 2 rings (SSSR count). The molecular weight excluding hydrogens is 248 g/mol. The summed E-state index contributed by atoms with van der Waals surface area (Å²) < 4.78 is 0.823. The summed E-state index contributed by atoms with van der Waals surface area (Å²) in [6.07, 6.45) is 2.91. The van der Waals surface area contributed by atoms with E-state index in [1.807, 2.05) is 6.07 Å². The van der Waals surface area contributed by atoms with E-state index in [0.29, 0.717) is 6.54 Å². The molecular formula is C9H9BrN2O2. The highest BCUT2D eigenvalue weighted by Gasteiger charge is 2.29. The Labute approximate surface area is 89.7 Å². The van der Waals surface area contributed by atoms with Crippen LogP contribution in [0.5, 0.6) is 0 Å². The predicted octanol–water partition coefficient (Wildman–Crippen LogP) is 0.942. The van der Waals surface area contributed by atoms with E-state index in [0.717, 1.165) is 10.2 Å². The highest BCUT2D eigenvalue weighted by Crippen LogP contribution is 2.23. The first-order chi connectivity index (χ1) is 6.66. The van der Waals surface area contributed by atoms with Crippen molar-refractivity contribution in [3.8, 4) is 0 Å². The minimum Gasteiger partial charge on any atom is -0.391 e. The highest BCUT2D eigenvalue weighted by molar-refractivity contribution is 9.10. The predicted molar refractivity (Wildman–Crippen MR) is 54.9 cm³/mol. The molecule has 1 unspecified atom stereocenters. The van der Waals surface area contributed by atoms with Gasteiger partial charge in [-0.15, -0.1) is 0 Å². The first kappa shape index (κ1) is 9.61. The molecule has 1 aromatic heterocycles. The van der Waals surface area contributed by atoms with Crippen LogP contribution in [-0.2, 0) is 4.79 Å². The van der Waals surface area contributed by atoms with Crippen LogP contribution in [-0.4, -0.2) is 28.6 Å². The molecule has 1 aromatic rings. The lowest BCUT2D eigenvalue weighted by Crippen LogP contribution is -2.25. The second kappa shape index (κ2) is 3.67. The molecule has 14 heavy (non-hydrogen) atoms. The van der Waals surface area contributed by atoms with Crippen molar-refractivity contribution < 1.29 is 9.90 Å². The van der Waals surface area contributed by atoms with Crippen molar-refractivity contribution >= 4 is 27.5 Å². The number of aromatic nitrogens is 1. The zero-order valence-corrected chi connectivity index (χ0v) is 8.94. The smallest absolute Gasteiger partial charge is 0.229 e. The Morgan fingerprint density at radius 1 is 1.57 bits per heavy atom. The zero-order chi connectivity index (χ0) is 10.1. The van der Waals surface area contributed by atoms with E-state index in [9.17, 15) is 9.90 Å². The fourth-order valence-corrected chi connectivity index (χ4v) is 1.84. The number of carbonyl (C=O) groups excluding carboxylic acids is 1. The molecule has 1 atom stereocenters. The van der Waals surface area contributed by atoms with Crippen LogP contribution in [0.3, 0.4) is 0 Å². The van der Waals surface area contributed by atoms with Crippen molar-refractivity contribution in [2.24, 2.45) is 0 Å². The molecule has 1 amide bonds. The Bertz CT molecular complexity index is 370. The first-order valence-corrected chi connectivity index (χ1v) is 5.05. The lowest BCUT2D eigenvalue weighted by Gasteiger charge is -2.15. The maximum absolute atomic E-state index is 11.4. The summed E-state index contributed by atoms with van der Waals surface area (Å²) in [5.41, 5.74) is 0.723. The SMILES string of the molecule is O=C1CC(O)CN1c1cncc(Br)c1. The summed E-state index contributed by atoms with van der Waals surface area (Å²) in [6.45, 7) is 0.358. The van der Waals surface area contributed by atoms with Gasteiger partial charge in [-0.05, 0) is 22.0 Å². The van der Waals surface area contributed by atoms with Gasteiger partial charge in [-0.2, -0.15) is 0 Å². The molecule has 1 N–H and O–H groups in total.